The lowest BCUT2D eigenvalue weighted by Crippen LogP contribution is -2.21. The lowest BCUT2D eigenvalue weighted by molar-refractivity contribution is 0.101. The molecule has 2 aromatic heterocycles. The molecule has 0 radical (unpaired) electrons. The summed E-state index contributed by atoms with van der Waals surface area (Å²) in [5.41, 5.74) is 1.45. The molecule has 32 heavy (non-hydrogen) atoms. The third-order valence-electron chi connectivity index (χ3n) is 4.10. The molecule has 12 heteroatoms. The summed E-state index contributed by atoms with van der Waals surface area (Å²) in [6, 6.07) is 9.79. The first kappa shape index (κ1) is 23.5. The van der Waals surface area contributed by atoms with Crippen molar-refractivity contribution in [1.29, 1.82) is 5.26 Å². The zero-order valence-electron chi connectivity index (χ0n) is 16.5. The van der Waals surface area contributed by atoms with Crippen molar-refractivity contribution < 1.29 is 14.3 Å². The van der Waals surface area contributed by atoms with Crippen LogP contribution in [0.1, 0.15) is 21.6 Å². The molecule has 0 fully saturated rings. The van der Waals surface area contributed by atoms with E-state index in [0.717, 1.165) is 0 Å². The van der Waals surface area contributed by atoms with Crippen molar-refractivity contribution in [2.45, 2.75) is 6.92 Å². The Balaban J connectivity index is 1.97. The second-order valence-electron chi connectivity index (χ2n) is 6.30. The fourth-order valence-electron chi connectivity index (χ4n) is 2.78. The minimum Gasteiger partial charge on any atom is -0.448 e. The van der Waals surface area contributed by atoms with E-state index < -0.39 is 12.0 Å². The second-order valence-corrected chi connectivity index (χ2v) is 7.90. The Morgan fingerprint density at radius 1 is 1.31 bits per heavy atom. The lowest BCUT2D eigenvalue weighted by Gasteiger charge is -2.16. The van der Waals surface area contributed by atoms with E-state index in [1.165, 1.54) is 23.0 Å². The Hall–Kier alpha value is -3.13. The monoisotopic (exact) mass is 536 g/mol. The highest BCUT2D eigenvalue weighted by Gasteiger charge is 2.21. The molecule has 0 saturated heterocycles. The number of alkyl halides is 1. The Labute approximate surface area is 201 Å². The molecule has 0 saturated carbocycles. The molecule has 0 atom stereocenters. The third-order valence-corrected chi connectivity index (χ3v) is 4.94. The number of aryl methyl sites for hydroxylation is 1. The van der Waals surface area contributed by atoms with E-state index in [2.05, 4.69) is 36.6 Å². The van der Waals surface area contributed by atoms with Gasteiger partial charge in [0, 0.05) is 12.3 Å². The number of carbonyl (C=O) groups excluding carboxylic acids is 2. The molecule has 0 unspecified atom stereocenters. The summed E-state index contributed by atoms with van der Waals surface area (Å²) in [4.78, 5) is 29.4. The molecule has 164 valence electrons. The lowest BCUT2D eigenvalue weighted by atomic mass is 10.1. The zero-order chi connectivity index (χ0) is 23.3. The van der Waals surface area contributed by atoms with Gasteiger partial charge in [-0.25, -0.2) is 14.5 Å². The topological polar surface area (TPSA) is 122 Å². The highest BCUT2D eigenvalue weighted by atomic mass is 79.9. The number of hydrogen-bond donors (Lipinski definition) is 2. The summed E-state index contributed by atoms with van der Waals surface area (Å²) in [6.45, 7) is 1.69. The predicted molar refractivity (Wildman–Crippen MR) is 124 cm³/mol. The molecular formula is C20H15BrCl2N6O3. The van der Waals surface area contributed by atoms with Gasteiger partial charge in [-0.05, 0) is 52.7 Å². The van der Waals surface area contributed by atoms with Gasteiger partial charge in [0.2, 0.25) is 0 Å². The molecule has 0 bridgehead atoms. The molecule has 2 amide bonds. The van der Waals surface area contributed by atoms with Crippen LogP contribution < -0.4 is 10.6 Å². The Kier molecular flexibility index (Phi) is 7.69. The first-order valence-corrected chi connectivity index (χ1v) is 10.8. The molecule has 3 aromatic rings. The maximum absolute atomic E-state index is 13.2. The summed E-state index contributed by atoms with van der Waals surface area (Å²) in [7, 11) is 0. The zero-order valence-corrected chi connectivity index (χ0v) is 19.6. The van der Waals surface area contributed by atoms with Gasteiger partial charge in [0.05, 0.1) is 33.9 Å². The number of benzene rings is 1. The number of nitrogens with zero attached hydrogens (tertiary/aromatic N) is 4. The van der Waals surface area contributed by atoms with E-state index in [-0.39, 0.29) is 35.4 Å². The fraction of sp³-hybridized carbons (Fsp3) is 0.150. The van der Waals surface area contributed by atoms with Gasteiger partial charge in [0.1, 0.15) is 16.9 Å². The third kappa shape index (κ3) is 5.37. The van der Waals surface area contributed by atoms with Gasteiger partial charge in [0.25, 0.3) is 5.91 Å². The van der Waals surface area contributed by atoms with Gasteiger partial charge in [-0.15, -0.1) is 11.6 Å². The quantitative estimate of drug-likeness (QED) is 0.431. The van der Waals surface area contributed by atoms with Crippen molar-refractivity contribution in [1.82, 2.24) is 14.8 Å². The molecule has 2 heterocycles. The number of aromatic nitrogens is 3. The summed E-state index contributed by atoms with van der Waals surface area (Å²) < 4.78 is 6.61. The second kappa shape index (κ2) is 10.5. The van der Waals surface area contributed by atoms with Crippen LogP contribution in [0.15, 0.2) is 41.1 Å². The van der Waals surface area contributed by atoms with Crippen molar-refractivity contribution in [3.63, 3.8) is 0 Å². The number of pyridine rings is 1. The molecule has 3 rings (SSSR count). The molecule has 9 nitrogen and oxygen atoms in total. The summed E-state index contributed by atoms with van der Waals surface area (Å²) in [5.74, 6) is -0.150. The summed E-state index contributed by atoms with van der Waals surface area (Å²) >= 11 is 15.0. The van der Waals surface area contributed by atoms with Crippen LogP contribution in [0.5, 0.6) is 0 Å². The maximum atomic E-state index is 13.2. The van der Waals surface area contributed by atoms with Crippen LogP contribution >= 0.6 is 39.1 Å². The average Bonchev–Trinajstić information content (AvgIpc) is 3.16. The minimum atomic E-state index is -0.774. The number of anilines is 2. The number of hydrogen-bond acceptors (Lipinski definition) is 6. The molecule has 0 aliphatic heterocycles. The number of ether oxygens (including phenoxy) is 1. The van der Waals surface area contributed by atoms with E-state index in [1.807, 2.05) is 6.07 Å². The van der Waals surface area contributed by atoms with Crippen molar-refractivity contribution in [2.24, 2.45) is 0 Å². The highest BCUT2D eigenvalue weighted by molar-refractivity contribution is 9.10. The SMILES string of the molecule is Cc1cc(C#N)cc(NC(=O)OCCCl)c1NC(=O)c1cc(Br)nn1-c1ncccc1Cl. The Morgan fingerprint density at radius 2 is 2.09 bits per heavy atom. The number of carbonyl (C=O) groups is 2. The Morgan fingerprint density at radius 3 is 2.78 bits per heavy atom. The van der Waals surface area contributed by atoms with E-state index in [1.54, 1.807) is 25.1 Å². The number of halogens is 3. The van der Waals surface area contributed by atoms with Crippen molar-refractivity contribution in [2.75, 3.05) is 23.1 Å². The standard InChI is InChI=1S/C20H15BrCl2N6O3/c1-11-7-12(10-24)8-14(26-20(31)32-6-4-22)17(11)27-19(30)15-9-16(21)28-29(15)18-13(23)3-2-5-25-18/h2-3,5,7-9H,4,6H2,1H3,(H,26,31)(H,27,30). The largest absolute Gasteiger partial charge is 0.448 e. The van der Waals surface area contributed by atoms with Gasteiger partial charge in [-0.1, -0.05) is 11.6 Å². The van der Waals surface area contributed by atoms with Crippen molar-refractivity contribution >= 4 is 62.5 Å². The molecule has 0 aliphatic carbocycles. The van der Waals surface area contributed by atoms with Gasteiger partial charge >= 0.3 is 6.09 Å². The summed E-state index contributed by atoms with van der Waals surface area (Å²) in [6.07, 6.45) is 0.751. The van der Waals surface area contributed by atoms with Crippen LogP contribution in [0.25, 0.3) is 5.82 Å². The number of nitrogens with one attached hydrogen (secondary N) is 2. The van der Waals surface area contributed by atoms with Gasteiger partial charge in [0.15, 0.2) is 5.82 Å². The first-order chi connectivity index (χ1) is 15.3. The van der Waals surface area contributed by atoms with Crippen LogP contribution in [0.2, 0.25) is 5.02 Å². The molecule has 0 spiro atoms. The van der Waals surface area contributed by atoms with Gasteiger partial charge in [-0.3, -0.25) is 10.1 Å². The smallest absolute Gasteiger partial charge is 0.411 e. The van der Waals surface area contributed by atoms with E-state index in [4.69, 9.17) is 27.9 Å². The van der Waals surface area contributed by atoms with E-state index >= 15 is 0 Å². The maximum Gasteiger partial charge on any atom is 0.411 e. The average molecular weight is 538 g/mol. The van der Waals surface area contributed by atoms with Crippen molar-refractivity contribution in [3.05, 3.63) is 63.0 Å². The van der Waals surface area contributed by atoms with Gasteiger partial charge < -0.3 is 10.1 Å². The van der Waals surface area contributed by atoms with Gasteiger partial charge in [-0.2, -0.15) is 10.4 Å². The Bertz CT molecular complexity index is 1220. The highest BCUT2D eigenvalue weighted by Crippen LogP contribution is 2.29. The van der Waals surface area contributed by atoms with Crippen LogP contribution in [-0.2, 0) is 4.74 Å². The van der Waals surface area contributed by atoms with Crippen LogP contribution in [0, 0.1) is 18.3 Å². The molecule has 0 aliphatic rings. The van der Waals surface area contributed by atoms with Crippen molar-refractivity contribution in [3.8, 4) is 11.9 Å². The molecular weight excluding hydrogens is 523 g/mol. The predicted octanol–water partition coefficient (Wildman–Crippen LogP) is 4.90. The number of amides is 2. The minimum absolute atomic E-state index is 0.00402. The van der Waals surface area contributed by atoms with Crippen LogP contribution in [-0.4, -0.2) is 39.3 Å². The number of rotatable bonds is 6. The van der Waals surface area contributed by atoms with E-state index in [9.17, 15) is 14.9 Å². The van der Waals surface area contributed by atoms with Crippen LogP contribution in [0.4, 0.5) is 16.2 Å². The normalized spacial score (nSPS) is 10.3. The van der Waals surface area contributed by atoms with Crippen LogP contribution in [0.3, 0.4) is 0 Å². The first-order valence-electron chi connectivity index (χ1n) is 9.06. The summed E-state index contributed by atoms with van der Waals surface area (Å²) in [5, 5.41) is 19.1. The van der Waals surface area contributed by atoms with E-state index in [0.29, 0.717) is 20.8 Å². The fourth-order valence-corrected chi connectivity index (χ4v) is 3.43. The molecule has 1 aromatic carbocycles. The molecule has 2 N–H and O–H groups in total. The number of nitriles is 1.